The van der Waals surface area contributed by atoms with Crippen LogP contribution >= 0.6 is 11.8 Å². The first-order chi connectivity index (χ1) is 17.2. The molecule has 35 heavy (non-hydrogen) atoms. The van der Waals surface area contributed by atoms with Gasteiger partial charge in [-0.2, -0.15) is 0 Å². The van der Waals surface area contributed by atoms with Crippen LogP contribution in [-0.2, 0) is 35.1 Å². The van der Waals surface area contributed by atoms with Crippen molar-refractivity contribution in [2.45, 2.75) is 54.6 Å². The van der Waals surface area contributed by atoms with Crippen LogP contribution in [0.5, 0.6) is 0 Å². The van der Waals surface area contributed by atoms with Gasteiger partial charge in [-0.3, -0.25) is 4.79 Å². The van der Waals surface area contributed by atoms with Gasteiger partial charge in [0.15, 0.2) is 12.4 Å². The first kappa shape index (κ1) is 24.0. The standard InChI is InChI=1S/C28H28O6S/c1-19(29)32-25-24-23(18-31-27(34-24)21-13-7-3-8-14-21)33-28(35-22-15-9-4-10-16-22)26(25)30-17-20-11-5-2-6-12-20/h2-16,23-28H,17-18H2,1H3/t23-,24-,25+,26+,27?,28-/m1/s1. The van der Waals surface area contributed by atoms with Gasteiger partial charge < -0.3 is 23.7 Å². The molecule has 0 aromatic heterocycles. The number of thioether (sulfide) groups is 1. The molecule has 5 rings (SSSR count). The first-order valence-corrected chi connectivity index (χ1v) is 12.6. The van der Waals surface area contributed by atoms with Crippen LogP contribution < -0.4 is 0 Å². The quantitative estimate of drug-likeness (QED) is 0.424. The summed E-state index contributed by atoms with van der Waals surface area (Å²) in [6.07, 6.45) is -2.73. The van der Waals surface area contributed by atoms with Crippen LogP contribution in [0.4, 0.5) is 0 Å². The van der Waals surface area contributed by atoms with Gasteiger partial charge in [0.05, 0.1) is 13.2 Å². The molecule has 0 N–H and O–H groups in total. The second-order valence-corrected chi connectivity index (χ2v) is 9.66. The van der Waals surface area contributed by atoms with Gasteiger partial charge in [0.25, 0.3) is 0 Å². The van der Waals surface area contributed by atoms with Crippen molar-refractivity contribution in [2.75, 3.05) is 6.61 Å². The van der Waals surface area contributed by atoms with Crippen molar-refractivity contribution in [1.29, 1.82) is 0 Å². The molecule has 3 aromatic rings. The molecule has 2 fully saturated rings. The van der Waals surface area contributed by atoms with Gasteiger partial charge in [0.2, 0.25) is 0 Å². The number of carbonyl (C=O) groups is 1. The number of rotatable bonds is 7. The van der Waals surface area contributed by atoms with Crippen LogP contribution in [0.2, 0.25) is 0 Å². The van der Waals surface area contributed by atoms with E-state index in [4.69, 9.17) is 23.7 Å². The maximum atomic E-state index is 12.2. The summed E-state index contributed by atoms with van der Waals surface area (Å²) in [6.45, 7) is 2.08. The topological polar surface area (TPSA) is 63.2 Å². The Kier molecular flexibility index (Phi) is 7.81. The monoisotopic (exact) mass is 492 g/mol. The number of benzene rings is 3. The molecule has 0 amide bonds. The van der Waals surface area contributed by atoms with Gasteiger partial charge in [0.1, 0.15) is 23.7 Å². The largest absolute Gasteiger partial charge is 0.457 e. The van der Waals surface area contributed by atoms with Crippen molar-refractivity contribution in [3.05, 3.63) is 102 Å². The summed E-state index contributed by atoms with van der Waals surface area (Å²) in [7, 11) is 0. The molecule has 0 bridgehead atoms. The zero-order chi connectivity index (χ0) is 24.0. The highest BCUT2D eigenvalue weighted by atomic mass is 32.2. The molecule has 3 aromatic carbocycles. The van der Waals surface area contributed by atoms with Gasteiger partial charge in [-0.05, 0) is 17.7 Å². The van der Waals surface area contributed by atoms with Gasteiger partial charge in [0, 0.05) is 17.4 Å². The van der Waals surface area contributed by atoms with E-state index < -0.39 is 42.1 Å². The Morgan fingerprint density at radius 2 is 1.54 bits per heavy atom. The zero-order valence-electron chi connectivity index (χ0n) is 19.4. The third-order valence-corrected chi connectivity index (χ3v) is 7.09. The lowest BCUT2D eigenvalue weighted by Crippen LogP contribution is -2.62. The van der Waals surface area contributed by atoms with Crippen molar-refractivity contribution >= 4 is 17.7 Å². The number of hydrogen-bond donors (Lipinski definition) is 0. The smallest absolute Gasteiger partial charge is 0.303 e. The summed E-state index contributed by atoms with van der Waals surface area (Å²) < 4.78 is 31.1. The Hall–Kier alpha value is -2.68. The maximum Gasteiger partial charge on any atom is 0.303 e. The minimum Gasteiger partial charge on any atom is -0.457 e. The van der Waals surface area contributed by atoms with Crippen molar-refractivity contribution in [1.82, 2.24) is 0 Å². The van der Waals surface area contributed by atoms with E-state index in [2.05, 4.69) is 0 Å². The Morgan fingerprint density at radius 3 is 2.23 bits per heavy atom. The summed E-state index contributed by atoms with van der Waals surface area (Å²) in [5, 5.41) is 0. The minimum atomic E-state index is -0.661. The number of carbonyl (C=O) groups excluding carboxylic acids is 1. The predicted octanol–water partition coefficient (Wildman–Crippen LogP) is 5.13. The van der Waals surface area contributed by atoms with Gasteiger partial charge in [-0.1, -0.05) is 90.6 Å². The van der Waals surface area contributed by atoms with Gasteiger partial charge >= 0.3 is 5.97 Å². The Balaban J connectivity index is 1.43. The van der Waals surface area contributed by atoms with E-state index in [9.17, 15) is 4.79 Å². The van der Waals surface area contributed by atoms with E-state index in [1.54, 1.807) is 11.8 Å². The van der Waals surface area contributed by atoms with Crippen LogP contribution in [0, 0.1) is 0 Å². The number of hydrogen-bond acceptors (Lipinski definition) is 7. The molecular weight excluding hydrogens is 464 g/mol. The Bertz CT molecular complexity index is 1080. The van der Waals surface area contributed by atoms with Crippen LogP contribution in [0.25, 0.3) is 0 Å². The second-order valence-electron chi connectivity index (χ2n) is 8.49. The van der Waals surface area contributed by atoms with Gasteiger partial charge in [-0.15, -0.1) is 0 Å². The van der Waals surface area contributed by atoms with Crippen molar-refractivity contribution in [3.8, 4) is 0 Å². The highest BCUT2D eigenvalue weighted by molar-refractivity contribution is 7.99. The summed E-state index contributed by atoms with van der Waals surface area (Å²) in [5.41, 5.74) is 1.50. The molecule has 7 heteroatoms. The predicted molar refractivity (Wildman–Crippen MR) is 132 cm³/mol. The fraction of sp³-hybridized carbons (Fsp3) is 0.321. The summed E-state index contributed by atoms with van der Waals surface area (Å²) >= 11 is 1.54. The lowest BCUT2D eigenvalue weighted by atomic mass is 9.98. The zero-order valence-corrected chi connectivity index (χ0v) is 20.2. The van der Waals surface area contributed by atoms with E-state index in [0.29, 0.717) is 13.2 Å². The van der Waals surface area contributed by atoms with Crippen LogP contribution in [0.3, 0.4) is 0 Å². The molecule has 0 spiro atoms. The number of esters is 1. The molecule has 0 radical (unpaired) electrons. The Labute approximate surface area is 209 Å². The minimum absolute atomic E-state index is 0.319. The van der Waals surface area contributed by atoms with E-state index in [1.807, 2.05) is 91.0 Å². The molecule has 6 atom stereocenters. The van der Waals surface area contributed by atoms with Crippen LogP contribution in [-0.4, -0.2) is 42.4 Å². The Morgan fingerprint density at radius 1 is 0.886 bits per heavy atom. The molecule has 2 saturated heterocycles. The SMILES string of the molecule is CC(=O)O[C@@H]1[C@H](OCc2ccccc2)[C@@H](Sc2ccccc2)O[C@@H]2COC(c3ccccc3)O[C@@H]12. The molecule has 0 aliphatic carbocycles. The lowest BCUT2D eigenvalue weighted by Gasteiger charge is -2.48. The average molecular weight is 493 g/mol. The summed E-state index contributed by atoms with van der Waals surface area (Å²) in [4.78, 5) is 13.2. The third-order valence-electron chi connectivity index (χ3n) is 5.94. The molecule has 6 nitrogen and oxygen atoms in total. The molecule has 2 aliphatic heterocycles. The van der Waals surface area contributed by atoms with Crippen LogP contribution in [0.15, 0.2) is 95.9 Å². The highest BCUT2D eigenvalue weighted by Gasteiger charge is 2.52. The van der Waals surface area contributed by atoms with Crippen molar-refractivity contribution < 1.29 is 28.5 Å². The summed E-state index contributed by atoms with van der Waals surface area (Å²) in [6, 6.07) is 29.6. The normalized spacial score (nSPS) is 28.1. The van der Waals surface area contributed by atoms with Gasteiger partial charge in [-0.25, -0.2) is 0 Å². The molecular formula is C28H28O6S. The van der Waals surface area contributed by atoms with E-state index >= 15 is 0 Å². The molecule has 1 unspecified atom stereocenters. The van der Waals surface area contributed by atoms with E-state index in [-0.39, 0.29) is 0 Å². The number of fused-ring (bicyclic) bond motifs is 1. The van der Waals surface area contributed by atoms with Crippen molar-refractivity contribution in [2.24, 2.45) is 0 Å². The average Bonchev–Trinajstić information content (AvgIpc) is 2.89. The maximum absolute atomic E-state index is 12.2. The van der Waals surface area contributed by atoms with Crippen LogP contribution in [0.1, 0.15) is 24.3 Å². The van der Waals surface area contributed by atoms with Crippen molar-refractivity contribution in [3.63, 3.8) is 0 Å². The highest BCUT2D eigenvalue weighted by Crippen LogP contribution is 2.41. The fourth-order valence-corrected chi connectivity index (χ4v) is 5.47. The molecule has 182 valence electrons. The second kappa shape index (κ2) is 11.4. The summed E-state index contributed by atoms with van der Waals surface area (Å²) in [5.74, 6) is -0.390. The molecule has 2 heterocycles. The van der Waals surface area contributed by atoms with E-state index in [0.717, 1.165) is 16.0 Å². The third kappa shape index (κ3) is 5.94. The fourth-order valence-electron chi connectivity index (χ4n) is 4.32. The lowest BCUT2D eigenvalue weighted by molar-refractivity contribution is -0.324. The number of ether oxygens (including phenoxy) is 5. The molecule has 2 aliphatic rings. The van der Waals surface area contributed by atoms with E-state index in [1.165, 1.54) is 6.92 Å². The first-order valence-electron chi connectivity index (χ1n) is 11.7. The molecule has 0 saturated carbocycles.